The molecular formula is C12H12F6O3. The van der Waals surface area contributed by atoms with Gasteiger partial charge >= 0.3 is 12.4 Å². The average molecular weight is 318 g/mol. The topological polar surface area (TPSA) is 60.7 Å². The van der Waals surface area contributed by atoms with Crippen LogP contribution in [-0.4, -0.2) is 28.0 Å². The summed E-state index contributed by atoms with van der Waals surface area (Å²) in [6.07, 6.45) is -14.1. The minimum Gasteiger partial charge on any atom is -0.396 e. The minimum absolute atomic E-state index is 0.0748. The van der Waals surface area contributed by atoms with E-state index in [-0.39, 0.29) is 6.07 Å². The molecule has 0 fully saturated rings. The van der Waals surface area contributed by atoms with Gasteiger partial charge in [0.25, 0.3) is 0 Å². The molecule has 0 radical (unpaired) electrons. The number of halogens is 6. The van der Waals surface area contributed by atoms with Gasteiger partial charge in [0.15, 0.2) is 0 Å². The molecule has 0 aliphatic heterocycles. The molecular weight excluding hydrogens is 306 g/mol. The molecule has 0 bridgehead atoms. The Bertz CT molecular complexity index is 451. The quantitative estimate of drug-likeness (QED) is 0.748. The zero-order valence-corrected chi connectivity index (χ0v) is 10.4. The molecule has 1 rings (SSSR count). The van der Waals surface area contributed by atoms with E-state index in [1.165, 1.54) is 0 Å². The van der Waals surface area contributed by atoms with Crippen LogP contribution in [-0.2, 0) is 12.4 Å². The highest BCUT2D eigenvalue weighted by atomic mass is 19.4. The lowest BCUT2D eigenvalue weighted by Gasteiger charge is -2.20. The second-order valence-corrected chi connectivity index (χ2v) is 4.36. The summed E-state index contributed by atoms with van der Waals surface area (Å²) in [5.74, 6) is 0. The first-order valence-corrected chi connectivity index (χ1v) is 5.73. The summed E-state index contributed by atoms with van der Waals surface area (Å²) in [5.41, 5.74) is -3.89. The first-order valence-electron chi connectivity index (χ1n) is 5.73. The maximum atomic E-state index is 12.6. The molecule has 0 aliphatic rings. The predicted molar refractivity (Wildman–Crippen MR) is 59.1 cm³/mol. The monoisotopic (exact) mass is 318 g/mol. The summed E-state index contributed by atoms with van der Waals surface area (Å²) in [6.45, 7) is -0.580. The zero-order chi connectivity index (χ0) is 16.4. The average Bonchev–Trinajstić information content (AvgIpc) is 2.35. The van der Waals surface area contributed by atoms with Gasteiger partial charge in [0.05, 0.1) is 17.2 Å². The van der Waals surface area contributed by atoms with Gasteiger partial charge < -0.3 is 15.3 Å². The van der Waals surface area contributed by atoms with E-state index in [2.05, 4.69) is 0 Å². The van der Waals surface area contributed by atoms with Crippen molar-refractivity contribution < 1.29 is 41.7 Å². The maximum absolute atomic E-state index is 12.6. The number of hydrogen-bond donors (Lipinski definition) is 3. The van der Waals surface area contributed by atoms with Crippen LogP contribution in [0.5, 0.6) is 0 Å². The number of benzene rings is 1. The molecule has 1 aromatic carbocycles. The largest absolute Gasteiger partial charge is 0.416 e. The van der Waals surface area contributed by atoms with E-state index in [4.69, 9.17) is 5.11 Å². The van der Waals surface area contributed by atoms with Crippen molar-refractivity contribution in [3.8, 4) is 0 Å². The van der Waals surface area contributed by atoms with Crippen LogP contribution in [0.2, 0.25) is 0 Å². The molecule has 0 saturated heterocycles. The second-order valence-electron chi connectivity index (χ2n) is 4.36. The molecule has 2 atom stereocenters. The van der Waals surface area contributed by atoms with Crippen LogP contribution in [0.1, 0.15) is 29.2 Å². The lowest BCUT2D eigenvalue weighted by molar-refractivity contribution is -0.143. The van der Waals surface area contributed by atoms with Gasteiger partial charge in [-0.3, -0.25) is 0 Å². The van der Waals surface area contributed by atoms with Crippen molar-refractivity contribution in [1.29, 1.82) is 0 Å². The Morgan fingerprint density at radius 2 is 1.29 bits per heavy atom. The van der Waals surface area contributed by atoms with Crippen molar-refractivity contribution in [2.24, 2.45) is 0 Å². The van der Waals surface area contributed by atoms with E-state index < -0.39 is 54.3 Å². The SMILES string of the molecule is OCCC(O)C(O)c1cc(C(F)(F)F)cc(C(F)(F)F)c1. The van der Waals surface area contributed by atoms with Crippen molar-refractivity contribution in [2.45, 2.75) is 31.0 Å². The standard InChI is InChI=1S/C12H12F6O3/c13-11(14,15)7-3-6(10(21)9(20)1-2-19)4-8(5-7)12(16,17)18/h3-5,9-10,19-21H,1-2H2. The third kappa shape index (κ3) is 4.58. The smallest absolute Gasteiger partial charge is 0.396 e. The number of rotatable bonds is 4. The third-order valence-electron chi connectivity index (χ3n) is 2.74. The summed E-state index contributed by atoms with van der Waals surface area (Å²) < 4.78 is 75.6. The molecule has 0 heterocycles. The van der Waals surface area contributed by atoms with Crippen LogP contribution in [0.25, 0.3) is 0 Å². The summed E-state index contributed by atoms with van der Waals surface area (Å²) in [4.78, 5) is 0. The second kappa shape index (κ2) is 6.20. The molecule has 9 heteroatoms. The molecule has 1 aromatic rings. The first kappa shape index (κ1) is 17.7. The van der Waals surface area contributed by atoms with Crippen LogP contribution in [0, 0.1) is 0 Å². The van der Waals surface area contributed by atoms with E-state index in [0.29, 0.717) is 12.1 Å². The Morgan fingerprint density at radius 3 is 1.62 bits per heavy atom. The Morgan fingerprint density at radius 1 is 0.857 bits per heavy atom. The zero-order valence-electron chi connectivity index (χ0n) is 10.4. The van der Waals surface area contributed by atoms with Gasteiger partial charge in [-0.05, 0) is 30.2 Å². The highest BCUT2D eigenvalue weighted by Crippen LogP contribution is 2.37. The van der Waals surface area contributed by atoms with Crippen LogP contribution in [0.3, 0.4) is 0 Å². The molecule has 21 heavy (non-hydrogen) atoms. The summed E-state index contributed by atoms with van der Waals surface area (Å²) in [7, 11) is 0. The van der Waals surface area contributed by atoms with Gasteiger partial charge in [-0.25, -0.2) is 0 Å². The Labute approximate surface area is 115 Å². The van der Waals surface area contributed by atoms with Gasteiger partial charge in [0.1, 0.15) is 6.10 Å². The van der Waals surface area contributed by atoms with Crippen molar-refractivity contribution in [3.05, 3.63) is 34.9 Å². The van der Waals surface area contributed by atoms with Crippen LogP contribution in [0.4, 0.5) is 26.3 Å². The van der Waals surface area contributed by atoms with Crippen LogP contribution >= 0.6 is 0 Å². The van der Waals surface area contributed by atoms with Crippen LogP contribution in [0.15, 0.2) is 18.2 Å². The summed E-state index contributed by atoms with van der Waals surface area (Å²) in [6, 6.07) is 0.593. The van der Waals surface area contributed by atoms with E-state index in [0.717, 1.165) is 0 Å². The van der Waals surface area contributed by atoms with E-state index in [1.54, 1.807) is 0 Å². The van der Waals surface area contributed by atoms with Gasteiger partial charge in [0, 0.05) is 6.61 Å². The lowest BCUT2D eigenvalue weighted by atomic mass is 9.97. The van der Waals surface area contributed by atoms with Crippen molar-refractivity contribution in [1.82, 2.24) is 0 Å². The number of alkyl halides is 6. The molecule has 0 spiro atoms. The van der Waals surface area contributed by atoms with E-state index in [9.17, 15) is 36.6 Å². The van der Waals surface area contributed by atoms with Gasteiger partial charge in [-0.2, -0.15) is 26.3 Å². The van der Waals surface area contributed by atoms with Crippen molar-refractivity contribution >= 4 is 0 Å². The molecule has 0 aliphatic carbocycles. The number of aliphatic hydroxyl groups excluding tert-OH is 3. The highest BCUT2D eigenvalue weighted by molar-refractivity contribution is 5.35. The lowest BCUT2D eigenvalue weighted by Crippen LogP contribution is -2.21. The summed E-state index contributed by atoms with van der Waals surface area (Å²) in [5, 5.41) is 27.6. The molecule has 2 unspecified atom stereocenters. The predicted octanol–water partition coefficient (Wildman–Crippen LogP) is 2.50. The van der Waals surface area contributed by atoms with E-state index in [1.807, 2.05) is 0 Å². The molecule has 120 valence electrons. The Kier molecular flexibility index (Phi) is 5.24. The summed E-state index contributed by atoms with van der Waals surface area (Å²) >= 11 is 0. The number of hydrogen-bond acceptors (Lipinski definition) is 3. The normalized spacial score (nSPS) is 15.9. The first-order chi connectivity index (χ1) is 9.46. The van der Waals surface area contributed by atoms with Crippen LogP contribution < -0.4 is 0 Å². The van der Waals surface area contributed by atoms with Gasteiger partial charge in [-0.1, -0.05) is 0 Å². The maximum Gasteiger partial charge on any atom is 0.416 e. The third-order valence-corrected chi connectivity index (χ3v) is 2.74. The highest BCUT2D eigenvalue weighted by Gasteiger charge is 2.37. The fourth-order valence-electron chi connectivity index (χ4n) is 1.66. The van der Waals surface area contributed by atoms with E-state index >= 15 is 0 Å². The van der Waals surface area contributed by atoms with Gasteiger partial charge in [0.2, 0.25) is 0 Å². The van der Waals surface area contributed by atoms with Crippen molar-refractivity contribution in [3.63, 3.8) is 0 Å². The molecule has 3 N–H and O–H groups in total. The fourth-order valence-corrected chi connectivity index (χ4v) is 1.66. The van der Waals surface area contributed by atoms with Crippen molar-refractivity contribution in [2.75, 3.05) is 6.61 Å². The molecule has 3 nitrogen and oxygen atoms in total. The molecule has 0 saturated carbocycles. The number of aliphatic hydroxyl groups is 3. The molecule has 0 aromatic heterocycles. The Balaban J connectivity index is 3.32. The Hall–Kier alpha value is -1.32. The molecule has 0 amide bonds. The minimum atomic E-state index is -5.03. The fraction of sp³-hybridized carbons (Fsp3) is 0.500. The van der Waals surface area contributed by atoms with Gasteiger partial charge in [-0.15, -0.1) is 0 Å².